The molecule has 1 aliphatic heterocycles. The average Bonchev–Trinajstić information content (AvgIpc) is 2.55. The van der Waals surface area contributed by atoms with Crippen molar-refractivity contribution in [3.05, 3.63) is 29.3 Å². The summed E-state index contributed by atoms with van der Waals surface area (Å²) in [5, 5.41) is 9.99. The Balaban J connectivity index is 2.36. The van der Waals surface area contributed by atoms with E-state index in [0.29, 0.717) is 17.8 Å². The molecule has 1 unspecified atom stereocenters. The molecule has 92 valence electrons. The van der Waals surface area contributed by atoms with Crippen LogP contribution in [0, 0.1) is 0 Å². The lowest BCUT2D eigenvalue weighted by molar-refractivity contribution is -0.00644. The molecule has 3 N–H and O–H groups in total. The van der Waals surface area contributed by atoms with Crippen molar-refractivity contribution in [1.29, 1.82) is 0 Å². The second-order valence-electron chi connectivity index (χ2n) is 5.14. The van der Waals surface area contributed by atoms with E-state index in [1.54, 1.807) is 24.8 Å². The van der Waals surface area contributed by atoms with Crippen molar-refractivity contribution in [2.75, 3.05) is 5.73 Å². The number of aliphatic hydroxyl groups is 1. The third-order valence-corrected chi connectivity index (χ3v) is 3.49. The van der Waals surface area contributed by atoms with Gasteiger partial charge in [0.15, 0.2) is 0 Å². The fraction of sp³-hybridized carbons (Fsp3) is 0.462. The van der Waals surface area contributed by atoms with Crippen LogP contribution in [0.4, 0.5) is 5.69 Å². The molecule has 17 heavy (non-hydrogen) atoms. The molecule has 0 fully saturated rings. The lowest BCUT2D eigenvalue weighted by Gasteiger charge is -2.33. The highest BCUT2D eigenvalue weighted by Crippen LogP contribution is 2.31. The van der Waals surface area contributed by atoms with Gasteiger partial charge in [-0.25, -0.2) is 0 Å². The molecule has 0 aliphatic carbocycles. The van der Waals surface area contributed by atoms with Gasteiger partial charge in [0.25, 0.3) is 5.91 Å². The van der Waals surface area contributed by atoms with Gasteiger partial charge >= 0.3 is 0 Å². The highest BCUT2D eigenvalue weighted by atomic mass is 16.3. The molecule has 0 radical (unpaired) electrons. The Hall–Kier alpha value is -1.55. The highest BCUT2D eigenvalue weighted by molar-refractivity contribution is 6.03. The number of hydrogen-bond acceptors (Lipinski definition) is 3. The third kappa shape index (κ3) is 1.89. The first-order chi connectivity index (χ1) is 7.82. The summed E-state index contributed by atoms with van der Waals surface area (Å²) in [5.41, 5.74) is 6.93. The van der Waals surface area contributed by atoms with Crippen molar-refractivity contribution in [1.82, 2.24) is 4.90 Å². The molecule has 0 bridgehead atoms. The topological polar surface area (TPSA) is 66.6 Å². The summed E-state index contributed by atoms with van der Waals surface area (Å²) in [5.74, 6) is -0.0901. The largest absolute Gasteiger partial charge is 0.398 e. The molecule has 1 amide bonds. The normalized spacial score (nSPS) is 17.2. The van der Waals surface area contributed by atoms with Gasteiger partial charge in [-0.2, -0.15) is 0 Å². The summed E-state index contributed by atoms with van der Waals surface area (Å²) in [4.78, 5) is 13.9. The number of hydrogen-bond donors (Lipinski definition) is 2. The van der Waals surface area contributed by atoms with Crippen LogP contribution in [0.5, 0.6) is 0 Å². The Morgan fingerprint density at radius 2 is 2.12 bits per heavy atom. The van der Waals surface area contributed by atoms with E-state index in [9.17, 15) is 9.90 Å². The number of benzene rings is 1. The van der Waals surface area contributed by atoms with Crippen molar-refractivity contribution in [3.63, 3.8) is 0 Å². The number of nitrogen functional groups attached to an aromatic ring is 1. The lowest BCUT2D eigenvalue weighted by atomic mass is 9.99. The zero-order valence-electron chi connectivity index (χ0n) is 10.4. The van der Waals surface area contributed by atoms with E-state index in [1.165, 1.54) is 0 Å². The Bertz CT molecular complexity index is 463. The van der Waals surface area contributed by atoms with Crippen LogP contribution in [0.2, 0.25) is 0 Å². The molecule has 1 heterocycles. The number of rotatable bonds is 2. The number of nitrogens with zero attached hydrogens (tertiary/aromatic N) is 1. The number of anilines is 1. The van der Waals surface area contributed by atoms with E-state index in [4.69, 9.17) is 5.73 Å². The van der Waals surface area contributed by atoms with E-state index in [2.05, 4.69) is 0 Å². The maximum Gasteiger partial charge on any atom is 0.256 e. The monoisotopic (exact) mass is 234 g/mol. The molecule has 1 aromatic rings. The van der Waals surface area contributed by atoms with Crippen molar-refractivity contribution in [2.45, 2.75) is 39.0 Å². The minimum atomic E-state index is -0.924. The molecule has 1 aliphatic rings. The summed E-state index contributed by atoms with van der Waals surface area (Å²) in [6.07, 6.45) is 0. The smallest absolute Gasteiger partial charge is 0.256 e. The van der Waals surface area contributed by atoms with Crippen molar-refractivity contribution in [3.8, 4) is 0 Å². The Labute approximate surface area is 101 Å². The number of carbonyl (C=O) groups excluding carboxylic acids is 1. The molecule has 4 nitrogen and oxygen atoms in total. The molecule has 4 heteroatoms. The molecule has 1 atom stereocenters. The first-order valence-corrected chi connectivity index (χ1v) is 5.73. The van der Waals surface area contributed by atoms with E-state index >= 15 is 0 Å². The zero-order valence-corrected chi connectivity index (χ0v) is 10.4. The SMILES string of the molecule is CC(N1Cc2cccc(N)c2C1=O)C(C)(C)O. The predicted octanol–water partition coefficient (Wildman–Crippen LogP) is 1.38. The first-order valence-electron chi connectivity index (χ1n) is 5.73. The molecule has 2 rings (SSSR count). The standard InChI is InChI=1S/C13H18N2O2/c1-8(13(2,3)17)15-7-9-5-4-6-10(14)11(9)12(15)16/h4-6,8,17H,7,14H2,1-3H3. The number of amides is 1. The van der Waals surface area contributed by atoms with Gasteiger partial charge < -0.3 is 15.7 Å². The summed E-state index contributed by atoms with van der Waals surface area (Å²) in [7, 11) is 0. The summed E-state index contributed by atoms with van der Waals surface area (Å²) >= 11 is 0. The fourth-order valence-corrected chi connectivity index (χ4v) is 2.11. The second-order valence-corrected chi connectivity index (χ2v) is 5.14. The van der Waals surface area contributed by atoms with Crippen LogP contribution in [0.15, 0.2) is 18.2 Å². The summed E-state index contributed by atoms with van der Waals surface area (Å²) in [6, 6.07) is 5.23. The van der Waals surface area contributed by atoms with Gasteiger partial charge in [-0.3, -0.25) is 4.79 Å². The van der Waals surface area contributed by atoms with Crippen LogP contribution in [-0.2, 0) is 6.54 Å². The van der Waals surface area contributed by atoms with Crippen LogP contribution in [0.25, 0.3) is 0 Å². The Morgan fingerprint density at radius 3 is 2.65 bits per heavy atom. The van der Waals surface area contributed by atoms with Gasteiger partial charge in [-0.1, -0.05) is 12.1 Å². The first kappa shape index (κ1) is 11.9. The molecular formula is C13H18N2O2. The van der Waals surface area contributed by atoms with Gasteiger partial charge in [0, 0.05) is 12.2 Å². The van der Waals surface area contributed by atoms with Gasteiger partial charge in [0.1, 0.15) is 0 Å². The second kappa shape index (κ2) is 3.74. The Morgan fingerprint density at radius 1 is 1.47 bits per heavy atom. The highest BCUT2D eigenvalue weighted by Gasteiger charge is 2.37. The zero-order chi connectivity index (χ0) is 12.8. The quantitative estimate of drug-likeness (QED) is 0.760. The number of nitrogens with two attached hydrogens (primary N) is 1. The van der Waals surface area contributed by atoms with E-state index in [0.717, 1.165) is 5.56 Å². The molecular weight excluding hydrogens is 216 g/mol. The van der Waals surface area contributed by atoms with Gasteiger partial charge in [0.2, 0.25) is 0 Å². The van der Waals surface area contributed by atoms with E-state index in [1.807, 2.05) is 19.1 Å². The van der Waals surface area contributed by atoms with Crippen LogP contribution >= 0.6 is 0 Å². The number of carbonyl (C=O) groups is 1. The van der Waals surface area contributed by atoms with Crippen LogP contribution in [0.1, 0.15) is 36.7 Å². The molecule has 1 aromatic carbocycles. The summed E-state index contributed by atoms with van der Waals surface area (Å²) < 4.78 is 0. The minimum Gasteiger partial charge on any atom is -0.398 e. The van der Waals surface area contributed by atoms with Gasteiger partial charge in [-0.05, 0) is 32.4 Å². The van der Waals surface area contributed by atoms with Crippen molar-refractivity contribution >= 4 is 11.6 Å². The molecule has 0 saturated heterocycles. The van der Waals surface area contributed by atoms with Crippen molar-refractivity contribution < 1.29 is 9.90 Å². The van der Waals surface area contributed by atoms with Crippen molar-refractivity contribution in [2.24, 2.45) is 0 Å². The van der Waals surface area contributed by atoms with E-state index in [-0.39, 0.29) is 11.9 Å². The maximum atomic E-state index is 12.2. The number of fused-ring (bicyclic) bond motifs is 1. The molecule has 0 spiro atoms. The van der Waals surface area contributed by atoms with E-state index < -0.39 is 5.60 Å². The molecule has 0 saturated carbocycles. The Kier molecular flexibility index (Phi) is 2.62. The lowest BCUT2D eigenvalue weighted by Crippen LogP contribution is -2.47. The maximum absolute atomic E-state index is 12.2. The van der Waals surface area contributed by atoms with Crippen LogP contribution in [0.3, 0.4) is 0 Å². The van der Waals surface area contributed by atoms with Crippen LogP contribution < -0.4 is 5.73 Å². The van der Waals surface area contributed by atoms with Gasteiger partial charge in [-0.15, -0.1) is 0 Å². The average molecular weight is 234 g/mol. The van der Waals surface area contributed by atoms with Crippen LogP contribution in [-0.4, -0.2) is 27.6 Å². The minimum absolute atomic E-state index is 0.0901. The van der Waals surface area contributed by atoms with Gasteiger partial charge in [0.05, 0.1) is 17.2 Å². The molecule has 0 aromatic heterocycles. The fourth-order valence-electron chi connectivity index (χ4n) is 2.11. The third-order valence-electron chi connectivity index (χ3n) is 3.49. The predicted molar refractivity (Wildman–Crippen MR) is 66.5 cm³/mol. The summed E-state index contributed by atoms with van der Waals surface area (Å²) in [6.45, 7) is 5.78.